The van der Waals surface area contributed by atoms with E-state index in [4.69, 9.17) is 20.8 Å². The van der Waals surface area contributed by atoms with Crippen molar-refractivity contribution < 1.29 is 22.4 Å². The second-order valence-corrected chi connectivity index (χ2v) is 9.38. The molecule has 0 saturated carbocycles. The SMILES string of the molecule is CS(=O)(=O)N1CC(C(=O)NCCSCc2ccco2)Oc2ccc(Cl)cc21. The van der Waals surface area contributed by atoms with E-state index in [0.717, 1.165) is 22.1 Å². The van der Waals surface area contributed by atoms with Crippen molar-refractivity contribution in [3.8, 4) is 5.75 Å². The van der Waals surface area contributed by atoms with Crippen LogP contribution < -0.4 is 14.4 Å². The number of halogens is 1. The highest BCUT2D eigenvalue weighted by atomic mass is 35.5. The number of amides is 1. The molecular weight excluding hydrogens is 412 g/mol. The van der Waals surface area contributed by atoms with Gasteiger partial charge in [-0.1, -0.05) is 11.6 Å². The zero-order valence-electron chi connectivity index (χ0n) is 14.6. The Kier molecular flexibility index (Phi) is 6.23. The summed E-state index contributed by atoms with van der Waals surface area (Å²) in [5.74, 6) is 2.24. The van der Waals surface area contributed by atoms with Crippen molar-refractivity contribution in [2.45, 2.75) is 11.9 Å². The van der Waals surface area contributed by atoms with Gasteiger partial charge in [0.2, 0.25) is 10.0 Å². The van der Waals surface area contributed by atoms with Crippen LogP contribution in [0.1, 0.15) is 5.76 Å². The Morgan fingerprint density at radius 3 is 2.93 bits per heavy atom. The lowest BCUT2D eigenvalue weighted by atomic mass is 10.2. The molecule has 0 radical (unpaired) electrons. The standard InChI is InChI=1S/C17H19ClN2O5S2/c1-27(22,23)20-10-16(25-15-5-4-12(18)9-14(15)20)17(21)19-6-8-26-11-13-3-2-7-24-13/h2-5,7,9,16H,6,8,10-11H2,1H3,(H,19,21). The molecule has 1 atom stereocenters. The lowest BCUT2D eigenvalue weighted by Gasteiger charge is -2.34. The van der Waals surface area contributed by atoms with E-state index in [1.807, 2.05) is 12.1 Å². The van der Waals surface area contributed by atoms with Crippen LogP contribution in [-0.4, -0.2) is 45.5 Å². The summed E-state index contributed by atoms with van der Waals surface area (Å²) in [6.07, 6.45) is 1.78. The molecule has 1 aliphatic heterocycles. The minimum Gasteiger partial charge on any atom is -0.476 e. The fourth-order valence-corrected chi connectivity index (χ4v) is 4.43. The molecule has 146 valence electrons. The Labute approximate surface area is 167 Å². The first-order valence-electron chi connectivity index (χ1n) is 8.16. The summed E-state index contributed by atoms with van der Waals surface area (Å²) in [6.45, 7) is 0.341. The van der Waals surface area contributed by atoms with Crippen molar-refractivity contribution in [2.24, 2.45) is 0 Å². The fraction of sp³-hybridized carbons (Fsp3) is 0.353. The van der Waals surface area contributed by atoms with Crippen molar-refractivity contribution in [3.05, 3.63) is 47.4 Å². The highest BCUT2D eigenvalue weighted by Crippen LogP contribution is 2.37. The predicted octanol–water partition coefficient (Wildman–Crippen LogP) is 2.51. The van der Waals surface area contributed by atoms with Gasteiger partial charge in [-0.15, -0.1) is 0 Å². The van der Waals surface area contributed by atoms with Gasteiger partial charge in [-0.05, 0) is 30.3 Å². The van der Waals surface area contributed by atoms with Crippen LogP contribution in [0.2, 0.25) is 5.02 Å². The average molecular weight is 431 g/mol. The summed E-state index contributed by atoms with van der Waals surface area (Å²) >= 11 is 7.59. The largest absolute Gasteiger partial charge is 0.476 e. The second-order valence-electron chi connectivity index (χ2n) is 5.94. The van der Waals surface area contributed by atoms with Gasteiger partial charge in [0.15, 0.2) is 6.10 Å². The summed E-state index contributed by atoms with van der Waals surface area (Å²) in [5, 5.41) is 3.17. The first-order valence-corrected chi connectivity index (χ1v) is 11.5. The maximum atomic E-state index is 12.4. The van der Waals surface area contributed by atoms with E-state index in [1.54, 1.807) is 30.2 Å². The number of ether oxygens (including phenoxy) is 1. The molecule has 10 heteroatoms. The van der Waals surface area contributed by atoms with E-state index in [1.165, 1.54) is 6.07 Å². The number of furan rings is 1. The summed E-state index contributed by atoms with van der Waals surface area (Å²) in [5.41, 5.74) is 0.336. The predicted molar refractivity (Wildman–Crippen MR) is 106 cm³/mol. The molecule has 27 heavy (non-hydrogen) atoms. The topological polar surface area (TPSA) is 88.9 Å². The first-order chi connectivity index (χ1) is 12.8. The van der Waals surface area contributed by atoms with Gasteiger partial charge in [0.05, 0.1) is 30.5 Å². The molecule has 0 bridgehead atoms. The zero-order chi connectivity index (χ0) is 19.4. The molecule has 3 rings (SSSR count). The Hall–Kier alpha value is -1.84. The van der Waals surface area contributed by atoms with Crippen LogP contribution in [0.4, 0.5) is 5.69 Å². The van der Waals surface area contributed by atoms with Gasteiger partial charge in [0.25, 0.3) is 5.91 Å². The van der Waals surface area contributed by atoms with Gasteiger partial charge < -0.3 is 14.5 Å². The minimum absolute atomic E-state index is 0.0997. The number of fused-ring (bicyclic) bond motifs is 1. The number of hydrogen-bond acceptors (Lipinski definition) is 6. The summed E-state index contributed by atoms with van der Waals surface area (Å²) in [6, 6.07) is 8.39. The first kappa shape index (κ1) is 19.9. The van der Waals surface area contributed by atoms with Crippen LogP contribution in [0.25, 0.3) is 0 Å². The number of nitrogens with one attached hydrogen (secondary N) is 1. The van der Waals surface area contributed by atoms with Crippen LogP contribution in [0.5, 0.6) is 5.75 Å². The van der Waals surface area contributed by atoms with Crippen molar-refractivity contribution in [3.63, 3.8) is 0 Å². The Morgan fingerprint density at radius 1 is 1.41 bits per heavy atom. The van der Waals surface area contributed by atoms with E-state index in [9.17, 15) is 13.2 Å². The molecule has 0 aliphatic carbocycles. The van der Waals surface area contributed by atoms with Crippen molar-refractivity contribution in [1.29, 1.82) is 0 Å². The number of benzene rings is 1. The highest BCUT2D eigenvalue weighted by molar-refractivity contribution is 7.98. The van der Waals surface area contributed by atoms with Gasteiger partial charge in [0, 0.05) is 17.3 Å². The van der Waals surface area contributed by atoms with Crippen LogP contribution >= 0.6 is 23.4 Å². The monoisotopic (exact) mass is 430 g/mol. The van der Waals surface area contributed by atoms with Crippen LogP contribution in [0, 0.1) is 0 Å². The van der Waals surface area contributed by atoms with Crippen LogP contribution in [0.3, 0.4) is 0 Å². The Bertz CT molecular complexity index is 902. The van der Waals surface area contributed by atoms with Gasteiger partial charge in [-0.25, -0.2) is 8.42 Å². The smallest absolute Gasteiger partial charge is 0.263 e. The van der Waals surface area contributed by atoms with E-state index < -0.39 is 16.1 Å². The van der Waals surface area contributed by atoms with Gasteiger partial charge in [-0.2, -0.15) is 11.8 Å². The number of hydrogen-bond donors (Lipinski definition) is 1. The third-order valence-electron chi connectivity index (χ3n) is 3.85. The fourth-order valence-electron chi connectivity index (χ4n) is 2.60. The molecule has 0 spiro atoms. The van der Waals surface area contributed by atoms with Crippen molar-refractivity contribution >= 4 is 45.0 Å². The molecule has 1 aromatic heterocycles. The quantitative estimate of drug-likeness (QED) is 0.679. The number of carbonyl (C=O) groups excluding carboxylic acids is 1. The molecule has 1 aliphatic rings. The van der Waals surface area contributed by atoms with E-state index in [2.05, 4.69) is 5.32 Å². The number of sulfonamides is 1. The lowest BCUT2D eigenvalue weighted by molar-refractivity contribution is -0.127. The number of anilines is 1. The summed E-state index contributed by atoms with van der Waals surface area (Å²) in [4.78, 5) is 12.4. The molecule has 2 heterocycles. The van der Waals surface area contributed by atoms with Gasteiger partial charge in [0.1, 0.15) is 11.5 Å². The maximum absolute atomic E-state index is 12.4. The molecule has 0 saturated heterocycles. The second kappa shape index (κ2) is 8.45. The highest BCUT2D eigenvalue weighted by Gasteiger charge is 2.35. The molecular formula is C17H19ClN2O5S2. The molecule has 1 unspecified atom stereocenters. The molecule has 1 amide bonds. The van der Waals surface area contributed by atoms with E-state index in [-0.39, 0.29) is 12.5 Å². The number of nitrogens with zero attached hydrogens (tertiary/aromatic N) is 1. The zero-order valence-corrected chi connectivity index (χ0v) is 16.9. The lowest BCUT2D eigenvalue weighted by Crippen LogP contribution is -2.50. The molecule has 2 aromatic rings. The van der Waals surface area contributed by atoms with E-state index >= 15 is 0 Å². The molecule has 0 fully saturated rings. The van der Waals surface area contributed by atoms with Gasteiger partial charge >= 0.3 is 0 Å². The molecule has 7 nitrogen and oxygen atoms in total. The van der Waals surface area contributed by atoms with Crippen molar-refractivity contribution in [1.82, 2.24) is 5.32 Å². The molecule has 1 aromatic carbocycles. The summed E-state index contributed by atoms with van der Waals surface area (Å²) < 4.78 is 36.3. The molecule has 1 N–H and O–H groups in total. The average Bonchev–Trinajstić information content (AvgIpc) is 3.13. The Balaban J connectivity index is 1.58. The van der Waals surface area contributed by atoms with Crippen LogP contribution in [0.15, 0.2) is 41.0 Å². The maximum Gasteiger partial charge on any atom is 0.263 e. The third-order valence-corrected chi connectivity index (χ3v) is 6.22. The minimum atomic E-state index is -3.58. The third kappa shape index (κ3) is 5.12. The number of thioether (sulfide) groups is 1. The normalized spacial score (nSPS) is 16.5. The number of carbonyl (C=O) groups is 1. The van der Waals surface area contributed by atoms with Crippen molar-refractivity contribution in [2.75, 3.05) is 29.4 Å². The van der Waals surface area contributed by atoms with Gasteiger partial charge in [-0.3, -0.25) is 9.10 Å². The number of rotatable bonds is 7. The summed E-state index contributed by atoms with van der Waals surface area (Å²) in [7, 11) is -3.58. The van der Waals surface area contributed by atoms with E-state index in [0.29, 0.717) is 28.8 Å². The Morgan fingerprint density at radius 2 is 2.22 bits per heavy atom. The van der Waals surface area contributed by atoms with Crippen LogP contribution in [-0.2, 0) is 20.6 Å².